The third-order valence-electron chi connectivity index (χ3n) is 2.97. The van der Waals surface area contributed by atoms with Gasteiger partial charge in [0.25, 0.3) is 0 Å². The van der Waals surface area contributed by atoms with Gasteiger partial charge in [-0.05, 0) is 36.6 Å². The summed E-state index contributed by atoms with van der Waals surface area (Å²) in [5.74, 6) is 0.994. The van der Waals surface area contributed by atoms with Crippen molar-refractivity contribution in [2.24, 2.45) is 5.73 Å². The zero-order valence-corrected chi connectivity index (χ0v) is 15.5. The maximum Gasteiger partial charge on any atom is 0.242 e. The predicted molar refractivity (Wildman–Crippen MR) is 101 cm³/mol. The van der Waals surface area contributed by atoms with E-state index in [0.717, 1.165) is 11.3 Å². The molecule has 0 unspecified atom stereocenters. The van der Waals surface area contributed by atoms with Crippen LogP contribution in [0.3, 0.4) is 0 Å². The molecule has 0 fully saturated rings. The number of aromatic nitrogens is 2. The molecule has 1 amide bonds. The number of nitrogens with zero attached hydrogens (tertiary/aromatic N) is 1. The summed E-state index contributed by atoms with van der Waals surface area (Å²) in [6, 6.07) is 6.33. The fourth-order valence-corrected chi connectivity index (χ4v) is 2.85. The van der Waals surface area contributed by atoms with Crippen LogP contribution in [0.25, 0.3) is 11.3 Å². The highest BCUT2D eigenvalue weighted by Crippen LogP contribution is 2.27. The van der Waals surface area contributed by atoms with Crippen LogP contribution in [0.15, 0.2) is 24.3 Å². The molecule has 0 radical (unpaired) electrons. The highest BCUT2D eigenvalue weighted by Gasteiger charge is 2.15. The Balaban J connectivity index is 0.00000264. The van der Waals surface area contributed by atoms with E-state index in [1.54, 1.807) is 36.0 Å². The third kappa shape index (κ3) is 5.90. The van der Waals surface area contributed by atoms with Crippen LogP contribution in [0.1, 0.15) is 6.42 Å². The molecule has 0 aliphatic rings. The second kappa shape index (κ2) is 9.39. The summed E-state index contributed by atoms with van der Waals surface area (Å²) in [7, 11) is 0. The van der Waals surface area contributed by atoms with Crippen LogP contribution < -0.4 is 11.1 Å². The van der Waals surface area contributed by atoms with Gasteiger partial charge in [0.2, 0.25) is 5.91 Å². The summed E-state index contributed by atoms with van der Waals surface area (Å²) in [6.45, 7) is 0. The average Bonchev–Trinajstić information content (AvgIpc) is 2.92. The zero-order valence-electron chi connectivity index (χ0n) is 12.3. The lowest BCUT2D eigenvalue weighted by molar-refractivity contribution is -0.117. The van der Waals surface area contributed by atoms with E-state index in [1.807, 2.05) is 6.26 Å². The lowest BCUT2D eigenvalue weighted by Gasteiger charge is -2.09. The van der Waals surface area contributed by atoms with Crippen LogP contribution in [-0.2, 0) is 4.79 Å². The van der Waals surface area contributed by atoms with Crippen LogP contribution in [-0.4, -0.2) is 34.2 Å². The molecule has 4 N–H and O–H groups in total. The number of amides is 1. The fraction of sp³-hybridized carbons (Fsp3) is 0.286. The van der Waals surface area contributed by atoms with E-state index in [1.165, 1.54) is 0 Å². The largest absolute Gasteiger partial charge is 0.320 e. The molecule has 126 valence electrons. The molecule has 1 atom stereocenters. The van der Waals surface area contributed by atoms with Gasteiger partial charge in [-0.2, -0.15) is 16.9 Å². The van der Waals surface area contributed by atoms with Crippen LogP contribution in [0.5, 0.6) is 0 Å². The number of carbonyl (C=O) groups excluding carboxylic acids is 1. The van der Waals surface area contributed by atoms with E-state index in [0.29, 0.717) is 28.0 Å². The number of aromatic amines is 1. The van der Waals surface area contributed by atoms with Crippen molar-refractivity contribution in [3.63, 3.8) is 0 Å². The number of hydrogen-bond acceptors (Lipinski definition) is 4. The second-order valence-corrected chi connectivity index (χ2v) is 6.56. The number of H-pyrrole nitrogens is 1. The van der Waals surface area contributed by atoms with Gasteiger partial charge >= 0.3 is 0 Å². The highest BCUT2D eigenvalue weighted by atomic mass is 35.5. The minimum atomic E-state index is -0.548. The molecule has 0 aliphatic heterocycles. The Morgan fingerprint density at radius 2 is 2.00 bits per heavy atom. The van der Waals surface area contributed by atoms with Gasteiger partial charge in [-0.15, -0.1) is 12.4 Å². The summed E-state index contributed by atoms with van der Waals surface area (Å²) >= 11 is 13.6. The van der Waals surface area contributed by atoms with Crippen LogP contribution >= 0.6 is 47.4 Å². The maximum atomic E-state index is 11.9. The molecule has 2 rings (SSSR count). The maximum absolute atomic E-state index is 11.9. The zero-order chi connectivity index (χ0) is 16.1. The minimum Gasteiger partial charge on any atom is -0.320 e. The lowest BCUT2D eigenvalue weighted by Crippen LogP contribution is -2.36. The SMILES string of the molecule is CSCC[C@H](N)C(=O)Nc1cc(-c2cc(Cl)cc(Cl)c2)[nH]n1.Cl. The summed E-state index contributed by atoms with van der Waals surface area (Å²) < 4.78 is 0. The Morgan fingerprint density at radius 1 is 1.35 bits per heavy atom. The molecule has 0 bridgehead atoms. The first-order chi connectivity index (χ1) is 10.5. The van der Waals surface area contributed by atoms with Crippen molar-refractivity contribution in [3.05, 3.63) is 34.3 Å². The van der Waals surface area contributed by atoms with Gasteiger partial charge in [-0.25, -0.2) is 0 Å². The highest BCUT2D eigenvalue weighted by molar-refractivity contribution is 7.98. The van der Waals surface area contributed by atoms with Crippen molar-refractivity contribution in [1.29, 1.82) is 0 Å². The Morgan fingerprint density at radius 3 is 2.61 bits per heavy atom. The molecule has 9 heteroatoms. The second-order valence-electron chi connectivity index (χ2n) is 4.70. The molecular weight excluding hydrogens is 379 g/mol. The molecule has 0 saturated heterocycles. The van der Waals surface area contributed by atoms with Crippen LogP contribution in [0.4, 0.5) is 5.82 Å². The summed E-state index contributed by atoms with van der Waals surface area (Å²) in [4.78, 5) is 11.9. The molecule has 2 aromatic rings. The summed E-state index contributed by atoms with van der Waals surface area (Å²) in [5.41, 5.74) is 7.31. The van der Waals surface area contributed by atoms with Crippen molar-refractivity contribution >= 4 is 59.1 Å². The monoisotopic (exact) mass is 394 g/mol. The molecule has 0 aliphatic carbocycles. The summed E-state index contributed by atoms with van der Waals surface area (Å²) in [6.07, 6.45) is 2.59. The van der Waals surface area contributed by atoms with Crippen molar-refractivity contribution in [3.8, 4) is 11.3 Å². The van der Waals surface area contributed by atoms with Crippen molar-refractivity contribution in [2.45, 2.75) is 12.5 Å². The average molecular weight is 396 g/mol. The van der Waals surface area contributed by atoms with Gasteiger partial charge in [-0.1, -0.05) is 23.2 Å². The van der Waals surface area contributed by atoms with E-state index in [-0.39, 0.29) is 18.3 Å². The Labute approximate surface area is 155 Å². The van der Waals surface area contributed by atoms with E-state index < -0.39 is 6.04 Å². The predicted octanol–water partition coefficient (Wildman–Crippen LogP) is 3.82. The molecule has 0 saturated carbocycles. The molecule has 1 heterocycles. The molecular formula is C14H17Cl3N4OS. The van der Waals surface area contributed by atoms with Gasteiger partial charge < -0.3 is 11.1 Å². The number of halogens is 3. The first-order valence-corrected chi connectivity index (χ1v) is 8.72. The Bertz CT molecular complexity index is 645. The normalized spacial score (nSPS) is 11.7. The number of nitrogens with one attached hydrogen (secondary N) is 2. The molecule has 5 nitrogen and oxygen atoms in total. The molecule has 0 spiro atoms. The van der Waals surface area contributed by atoms with Crippen molar-refractivity contribution in [1.82, 2.24) is 10.2 Å². The smallest absolute Gasteiger partial charge is 0.242 e. The van der Waals surface area contributed by atoms with Gasteiger partial charge in [0, 0.05) is 21.7 Å². The van der Waals surface area contributed by atoms with Crippen molar-refractivity contribution in [2.75, 3.05) is 17.3 Å². The first kappa shape index (κ1) is 20.1. The minimum absolute atomic E-state index is 0. The Hall–Kier alpha value is -0.920. The topological polar surface area (TPSA) is 83.8 Å². The first-order valence-electron chi connectivity index (χ1n) is 6.57. The Kier molecular flexibility index (Phi) is 8.22. The van der Waals surface area contributed by atoms with Gasteiger partial charge in [0.05, 0.1) is 11.7 Å². The van der Waals surface area contributed by atoms with Gasteiger partial charge in [0.15, 0.2) is 5.82 Å². The van der Waals surface area contributed by atoms with E-state index in [2.05, 4.69) is 15.5 Å². The quantitative estimate of drug-likeness (QED) is 0.694. The number of nitrogens with two attached hydrogens (primary N) is 1. The molecule has 1 aromatic carbocycles. The number of anilines is 1. The van der Waals surface area contributed by atoms with E-state index >= 15 is 0 Å². The lowest BCUT2D eigenvalue weighted by atomic mass is 10.1. The standard InChI is InChI=1S/C14H16Cl2N4OS.ClH/c1-22-3-2-11(17)14(21)18-13-7-12(19-20-13)8-4-9(15)6-10(16)5-8;/h4-7,11H,2-3,17H2,1H3,(H2,18,19,20,21);1H/t11-;/m0./s1. The van der Waals surface area contributed by atoms with E-state index in [4.69, 9.17) is 28.9 Å². The van der Waals surface area contributed by atoms with E-state index in [9.17, 15) is 4.79 Å². The molecule has 23 heavy (non-hydrogen) atoms. The van der Waals surface area contributed by atoms with Crippen molar-refractivity contribution < 1.29 is 4.79 Å². The summed E-state index contributed by atoms with van der Waals surface area (Å²) in [5, 5.41) is 10.6. The van der Waals surface area contributed by atoms with Gasteiger partial charge in [0.1, 0.15) is 0 Å². The van der Waals surface area contributed by atoms with Crippen LogP contribution in [0.2, 0.25) is 10.0 Å². The number of hydrogen-bond donors (Lipinski definition) is 3. The number of rotatable bonds is 6. The number of carbonyl (C=O) groups is 1. The van der Waals surface area contributed by atoms with Crippen LogP contribution in [0, 0.1) is 0 Å². The fourth-order valence-electron chi connectivity index (χ4n) is 1.84. The number of benzene rings is 1. The third-order valence-corrected chi connectivity index (χ3v) is 4.05. The van der Waals surface area contributed by atoms with Gasteiger partial charge in [-0.3, -0.25) is 9.89 Å². The molecule has 1 aromatic heterocycles. The number of thioether (sulfide) groups is 1.